The number of nitrogens with one attached hydrogen (secondary N) is 1. The molecule has 90 valence electrons. The predicted octanol–water partition coefficient (Wildman–Crippen LogP) is 0.125. The van der Waals surface area contributed by atoms with Gasteiger partial charge in [0.2, 0.25) is 5.91 Å². The third kappa shape index (κ3) is 3.47. The largest absolute Gasteiger partial charge is 0.361 e. The van der Waals surface area contributed by atoms with Crippen molar-refractivity contribution < 1.29 is 9.53 Å². The van der Waals surface area contributed by atoms with E-state index in [1.54, 1.807) is 0 Å². The fraction of sp³-hybridized carbons (Fsp3) is 0.818. The summed E-state index contributed by atoms with van der Waals surface area (Å²) in [5.74, 6) is 0.0282. The van der Waals surface area contributed by atoms with Crippen molar-refractivity contribution in [1.29, 1.82) is 5.26 Å². The molecule has 16 heavy (non-hydrogen) atoms. The third-order valence-corrected chi connectivity index (χ3v) is 2.72. The molecule has 1 N–H and O–H groups in total. The van der Waals surface area contributed by atoms with Crippen molar-refractivity contribution in [2.24, 2.45) is 0 Å². The van der Waals surface area contributed by atoms with Crippen LogP contribution in [-0.2, 0) is 9.53 Å². The lowest BCUT2D eigenvalue weighted by atomic mass is 10.2. The minimum Gasteiger partial charge on any atom is -0.361 e. The van der Waals surface area contributed by atoms with E-state index in [-0.39, 0.29) is 11.9 Å². The van der Waals surface area contributed by atoms with Gasteiger partial charge in [0, 0.05) is 19.6 Å². The van der Waals surface area contributed by atoms with Crippen LogP contribution in [0.4, 0.5) is 0 Å². The molecule has 5 nitrogen and oxygen atoms in total. The molecule has 2 atom stereocenters. The number of ether oxygens (including phenoxy) is 1. The van der Waals surface area contributed by atoms with Crippen LogP contribution in [0.3, 0.4) is 0 Å². The Kier molecular flexibility index (Phi) is 5.23. The van der Waals surface area contributed by atoms with E-state index in [4.69, 9.17) is 10.00 Å². The molecule has 2 unspecified atom stereocenters. The summed E-state index contributed by atoms with van der Waals surface area (Å²) >= 11 is 0. The van der Waals surface area contributed by atoms with Gasteiger partial charge in [0.15, 0.2) is 6.10 Å². The lowest BCUT2D eigenvalue weighted by Crippen LogP contribution is -2.52. The summed E-state index contributed by atoms with van der Waals surface area (Å²) in [6.07, 6.45) is 0.526. The normalized spacial score (nSPS) is 23.4. The molecule has 1 aliphatic rings. The highest BCUT2D eigenvalue weighted by Crippen LogP contribution is 2.08. The minimum absolute atomic E-state index is 0.0282. The van der Waals surface area contributed by atoms with Crippen LogP contribution in [0.25, 0.3) is 0 Å². The second-order valence-electron chi connectivity index (χ2n) is 3.95. The Morgan fingerprint density at radius 1 is 1.75 bits per heavy atom. The van der Waals surface area contributed by atoms with Gasteiger partial charge in [0.05, 0.1) is 18.7 Å². The van der Waals surface area contributed by atoms with E-state index in [9.17, 15) is 4.79 Å². The molecule has 0 bridgehead atoms. The molecular weight excluding hydrogens is 206 g/mol. The Hall–Kier alpha value is -1.12. The Bertz CT molecular complexity index is 275. The van der Waals surface area contributed by atoms with E-state index in [1.807, 2.05) is 18.7 Å². The van der Waals surface area contributed by atoms with Gasteiger partial charge in [0.25, 0.3) is 0 Å². The monoisotopic (exact) mass is 225 g/mol. The van der Waals surface area contributed by atoms with Crippen molar-refractivity contribution in [3.8, 4) is 6.07 Å². The van der Waals surface area contributed by atoms with Gasteiger partial charge >= 0.3 is 0 Å². The number of hydrogen-bond acceptors (Lipinski definition) is 4. The highest BCUT2D eigenvalue weighted by molar-refractivity contribution is 5.81. The van der Waals surface area contributed by atoms with E-state index in [0.717, 1.165) is 6.42 Å². The Morgan fingerprint density at radius 2 is 2.50 bits per heavy atom. The van der Waals surface area contributed by atoms with Crippen LogP contribution in [0.15, 0.2) is 0 Å². The maximum absolute atomic E-state index is 11.7. The lowest BCUT2D eigenvalue weighted by molar-refractivity contribution is -0.128. The molecule has 1 fully saturated rings. The SMILES string of the molecule is CCCNC(=O)C(C)N1CCOC(C#N)C1. The average molecular weight is 225 g/mol. The second kappa shape index (κ2) is 6.46. The molecule has 1 amide bonds. The number of hydrogen-bond donors (Lipinski definition) is 1. The first-order valence-corrected chi connectivity index (χ1v) is 5.72. The molecule has 1 rings (SSSR count). The Morgan fingerprint density at radius 3 is 3.12 bits per heavy atom. The molecule has 0 radical (unpaired) electrons. The van der Waals surface area contributed by atoms with Crippen molar-refractivity contribution in [2.75, 3.05) is 26.2 Å². The molecule has 0 aromatic carbocycles. The van der Waals surface area contributed by atoms with E-state index >= 15 is 0 Å². The first kappa shape index (κ1) is 12.9. The van der Waals surface area contributed by atoms with E-state index in [0.29, 0.717) is 26.2 Å². The van der Waals surface area contributed by atoms with Crippen LogP contribution in [0.1, 0.15) is 20.3 Å². The fourth-order valence-electron chi connectivity index (χ4n) is 1.66. The lowest BCUT2D eigenvalue weighted by Gasteiger charge is -2.33. The molecule has 1 saturated heterocycles. The smallest absolute Gasteiger partial charge is 0.237 e. The first-order chi connectivity index (χ1) is 7.69. The average Bonchev–Trinajstić information content (AvgIpc) is 2.35. The molecule has 5 heteroatoms. The van der Waals surface area contributed by atoms with Gasteiger partial charge in [-0.3, -0.25) is 9.69 Å². The van der Waals surface area contributed by atoms with Gasteiger partial charge in [-0.05, 0) is 13.3 Å². The summed E-state index contributed by atoms with van der Waals surface area (Å²) in [7, 11) is 0. The van der Waals surface area contributed by atoms with E-state index in [2.05, 4.69) is 11.4 Å². The third-order valence-electron chi connectivity index (χ3n) is 2.72. The summed E-state index contributed by atoms with van der Waals surface area (Å²) in [6, 6.07) is 1.89. The molecule has 0 aliphatic carbocycles. The van der Waals surface area contributed by atoms with Gasteiger partial charge in [-0.15, -0.1) is 0 Å². The van der Waals surface area contributed by atoms with Crippen LogP contribution in [0.2, 0.25) is 0 Å². The van der Waals surface area contributed by atoms with Crippen LogP contribution in [0.5, 0.6) is 0 Å². The van der Waals surface area contributed by atoms with Crippen molar-refractivity contribution in [3.05, 3.63) is 0 Å². The molecule has 1 heterocycles. The zero-order chi connectivity index (χ0) is 12.0. The van der Waals surface area contributed by atoms with Crippen molar-refractivity contribution >= 4 is 5.91 Å². The van der Waals surface area contributed by atoms with Gasteiger partial charge in [-0.2, -0.15) is 5.26 Å². The molecule has 0 spiro atoms. The van der Waals surface area contributed by atoms with E-state index < -0.39 is 6.10 Å². The highest BCUT2D eigenvalue weighted by atomic mass is 16.5. The number of nitrogens with zero attached hydrogens (tertiary/aromatic N) is 2. The van der Waals surface area contributed by atoms with Gasteiger partial charge < -0.3 is 10.1 Å². The minimum atomic E-state index is -0.407. The summed E-state index contributed by atoms with van der Waals surface area (Å²) in [5, 5.41) is 11.6. The number of morpholine rings is 1. The molecule has 0 aromatic heterocycles. The standard InChI is InChI=1S/C11H19N3O2/c1-3-4-13-11(15)9(2)14-5-6-16-10(7-12)8-14/h9-10H,3-6,8H2,1-2H3,(H,13,15). The molecule has 0 aromatic rings. The highest BCUT2D eigenvalue weighted by Gasteiger charge is 2.27. The quantitative estimate of drug-likeness (QED) is 0.738. The molecule has 1 aliphatic heterocycles. The van der Waals surface area contributed by atoms with Gasteiger partial charge in [-0.1, -0.05) is 6.92 Å². The fourth-order valence-corrected chi connectivity index (χ4v) is 1.66. The van der Waals surface area contributed by atoms with Crippen molar-refractivity contribution in [1.82, 2.24) is 10.2 Å². The molecular formula is C11H19N3O2. The zero-order valence-corrected chi connectivity index (χ0v) is 9.90. The van der Waals surface area contributed by atoms with E-state index in [1.165, 1.54) is 0 Å². The molecule has 0 saturated carbocycles. The van der Waals surface area contributed by atoms with Crippen LogP contribution in [-0.4, -0.2) is 49.2 Å². The Labute approximate surface area is 96.4 Å². The zero-order valence-electron chi connectivity index (χ0n) is 9.90. The maximum Gasteiger partial charge on any atom is 0.237 e. The Balaban J connectivity index is 2.43. The van der Waals surface area contributed by atoms with Gasteiger partial charge in [-0.25, -0.2) is 0 Å². The van der Waals surface area contributed by atoms with Crippen LogP contribution < -0.4 is 5.32 Å². The summed E-state index contributed by atoms with van der Waals surface area (Å²) < 4.78 is 5.23. The predicted molar refractivity (Wildman–Crippen MR) is 59.7 cm³/mol. The number of nitriles is 1. The number of rotatable bonds is 4. The van der Waals surface area contributed by atoms with Crippen molar-refractivity contribution in [3.63, 3.8) is 0 Å². The van der Waals surface area contributed by atoms with Crippen LogP contribution >= 0.6 is 0 Å². The van der Waals surface area contributed by atoms with Gasteiger partial charge in [0.1, 0.15) is 0 Å². The summed E-state index contributed by atoms with van der Waals surface area (Å²) in [6.45, 7) is 6.32. The van der Waals surface area contributed by atoms with Crippen molar-refractivity contribution in [2.45, 2.75) is 32.4 Å². The summed E-state index contributed by atoms with van der Waals surface area (Å²) in [4.78, 5) is 13.7. The topological polar surface area (TPSA) is 65.4 Å². The number of carbonyl (C=O) groups excluding carboxylic acids is 1. The second-order valence-corrected chi connectivity index (χ2v) is 3.95. The first-order valence-electron chi connectivity index (χ1n) is 5.72. The maximum atomic E-state index is 11.7. The number of amides is 1. The number of carbonyl (C=O) groups is 1. The summed E-state index contributed by atoms with van der Waals surface area (Å²) in [5.41, 5.74) is 0. The van der Waals surface area contributed by atoms with Crippen LogP contribution in [0, 0.1) is 11.3 Å².